The number of halogens is 3. The quantitative estimate of drug-likeness (QED) is 0.801. The van der Waals surface area contributed by atoms with Crippen molar-refractivity contribution in [1.29, 1.82) is 0 Å². The molecule has 0 saturated heterocycles. The SMILES string of the molecule is O=C1COc2ccc(C(Br)c3ccc(Cl)cc3F)cc2N1. The molecule has 6 heteroatoms. The molecule has 1 N–H and O–H groups in total. The van der Waals surface area contributed by atoms with Crippen molar-refractivity contribution in [3.63, 3.8) is 0 Å². The van der Waals surface area contributed by atoms with Gasteiger partial charge >= 0.3 is 0 Å². The highest BCUT2D eigenvalue weighted by molar-refractivity contribution is 9.09. The van der Waals surface area contributed by atoms with Gasteiger partial charge in [0.05, 0.1) is 10.5 Å². The van der Waals surface area contributed by atoms with Gasteiger partial charge in [0.2, 0.25) is 0 Å². The maximum Gasteiger partial charge on any atom is 0.262 e. The second-order valence-corrected chi connectivity index (χ2v) is 5.97. The maximum absolute atomic E-state index is 14.0. The lowest BCUT2D eigenvalue weighted by atomic mass is 10.0. The maximum atomic E-state index is 14.0. The molecule has 1 atom stereocenters. The summed E-state index contributed by atoms with van der Waals surface area (Å²) in [5.74, 6) is 0.0143. The fourth-order valence-electron chi connectivity index (χ4n) is 2.14. The standard InChI is InChI=1S/C15H10BrClFNO2/c16-15(10-3-2-9(17)6-11(10)18)8-1-4-13-12(5-8)19-14(20)7-21-13/h1-6,15H,7H2,(H,19,20). The first kappa shape index (κ1) is 14.4. The molecule has 0 aliphatic carbocycles. The number of rotatable bonds is 2. The number of amides is 1. The average Bonchev–Trinajstić information content (AvgIpc) is 2.46. The van der Waals surface area contributed by atoms with Crippen LogP contribution >= 0.6 is 27.5 Å². The molecule has 0 aromatic heterocycles. The predicted octanol–water partition coefficient (Wildman–Crippen LogP) is 4.29. The first-order valence-corrected chi connectivity index (χ1v) is 7.49. The minimum Gasteiger partial charge on any atom is -0.482 e. The van der Waals surface area contributed by atoms with Crippen molar-refractivity contribution in [3.05, 3.63) is 58.4 Å². The fraction of sp³-hybridized carbons (Fsp3) is 0.133. The molecular weight excluding hydrogens is 361 g/mol. The highest BCUT2D eigenvalue weighted by Crippen LogP contribution is 2.37. The van der Waals surface area contributed by atoms with Gasteiger partial charge in [0.1, 0.15) is 11.6 Å². The van der Waals surface area contributed by atoms with E-state index in [9.17, 15) is 9.18 Å². The summed E-state index contributed by atoms with van der Waals surface area (Å²) < 4.78 is 19.3. The number of anilines is 1. The van der Waals surface area contributed by atoms with Crippen molar-refractivity contribution in [2.24, 2.45) is 0 Å². The van der Waals surface area contributed by atoms with E-state index in [1.807, 2.05) is 6.07 Å². The third-order valence-corrected chi connectivity index (χ3v) is 4.42. The van der Waals surface area contributed by atoms with Gasteiger partial charge in [-0.05, 0) is 29.8 Å². The van der Waals surface area contributed by atoms with Crippen molar-refractivity contribution in [3.8, 4) is 5.75 Å². The average molecular weight is 371 g/mol. The lowest BCUT2D eigenvalue weighted by Gasteiger charge is -2.20. The summed E-state index contributed by atoms with van der Waals surface area (Å²) in [5.41, 5.74) is 1.87. The molecule has 0 radical (unpaired) electrons. The summed E-state index contributed by atoms with van der Waals surface area (Å²) in [6.07, 6.45) is 0. The summed E-state index contributed by atoms with van der Waals surface area (Å²) in [6.45, 7) is 0.00982. The van der Waals surface area contributed by atoms with E-state index < -0.39 is 0 Å². The van der Waals surface area contributed by atoms with Gasteiger partial charge in [0.15, 0.2) is 6.61 Å². The zero-order valence-electron chi connectivity index (χ0n) is 10.7. The summed E-state index contributed by atoms with van der Waals surface area (Å²) >= 11 is 9.24. The Labute approximate surface area is 134 Å². The van der Waals surface area contributed by atoms with Gasteiger partial charge in [-0.25, -0.2) is 4.39 Å². The summed E-state index contributed by atoms with van der Waals surface area (Å²) in [7, 11) is 0. The Morgan fingerprint density at radius 1 is 1.29 bits per heavy atom. The molecule has 3 nitrogen and oxygen atoms in total. The summed E-state index contributed by atoms with van der Waals surface area (Å²) in [5, 5.41) is 3.08. The van der Waals surface area contributed by atoms with Crippen molar-refractivity contribution in [2.75, 3.05) is 11.9 Å². The van der Waals surface area contributed by atoms with Crippen LogP contribution < -0.4 is 10.1 Å². The van der Waals surface area contributed by atoms with Crippen LogP contribution in [0.15, 0.2) is 36.4 Å². The van der Waals surface area contributed by atoms with Gasteiger partial charge in [-0.15, -0.1) is 0 Å². The molecule has 1 heterocycles. The normalized spacial score (nSPS) is 14.9. The third kappa shape index (κ3) is 2.89. The topological polar surface area (TPSA) is 38.3 Å². The van der Waals surface area contributed by atoms with Gasteiger partial charge in [0.25, 0.3) is 5.91 Å². The van der Waals surface area contributed by atoms with Crippen molar-refractivity contribution < 1.29 is 13.9 Å². The number of carbonyl (C=O) groups is 1. The van der Waals surface area contributed by atoms with Crippen LogP contribution in [0.2, 0.25) is 5.02 Å². The molecule has 1 aliphatic rings. The number of nitrogens with one attached hydrogen (secondary N) is 1. The highest BCUT2D eigenvalue weighted by atomic mass is 79.9. The van der Waals surface area contributed by atoms with E-state index in [0.717, 1.165) is 5.56 Å². The molecular formula is C15H10BrClFNO2. The van der Waals surface area contributed by atoms with E-state index in [4.69, 9.17) is 16.3 Å². The molecule has 0 spiro atoms. The van der Waals surface area contributed by atoms with Crippen molar-refractivity contribution >= 4 is 39.1 Å². The van der Waals surface area contributed by atoms with E-state index in [1.54, 1.807) is 24.3 Å². The number of fused-ring (bicyclic) bond motifs is 1. The lowest BCUT2D eigenvalue weighted by molar-refractivity contribution is -0.118. The summed E-state index contributed by atoms with van der Waals surface area (Å²) in [6, 6.07) is 9.88. The number of alkyl halides is 1. The second-order valence-electron chi connectivity index (χ2n) is 4.62. The Morgan fingerprint density at radius 3 is 2.86 bits per heavy atom. The van der Waals surface area contributed by atoms with Crippen LogP contribution in [-0.4, -0.2) is 12.5 Å². The molecule has 2 aromatic carbocycles. The largest absolute Gasteiger partial charge is 0.482 e. The molecule has 1 aliphatic heterocycles. The number of carbonyl (C=O) groups excluding carboxylic acids is 1. The molecule has 0 saturated carbocycles. The molecule has 2 aromatic rings. The minimum atomic E-state index is -0.387. The van der Waals surface area contributed by atoms with Gasteiger partial charge in [-0.3, -0.25) is 4.79 Å². The highest BCUT2D eigenvalue weighted by Gasteiger charge is 2.20. The van der Waals surface area contributed by atoms with Crippen LogP contribution in [0.25, 0.3) is 0 Å². The van der Waals surface area contributed by atoms with Gasteiger partial charge < -0.3 is 10.1 Å². The van der Waals surface area contributed by atoms with Crippen molar-refractivity contribution in [2.45, 2.75) is 4.83 Å². The van der Waals surface area contributed by atoms with Crippen LogP contribution in [0.3, 0.4) is 0 Å². The Kier molecular flexibility index (Phi) is 3.87. The van der Waals surface area contributed by atoms with E-state index in [2.05, 4.69) is 21.2 Å². The smallest absolute Gasteiger partial charge is 0.262 e. The second kappa shape index (κ2) is 5.66. The van der Waals surface area contributed by atoms with Crippen LogP contribution in [0.4, 0.5) is 10.1 Å². The van der Waals surface area contributed by atoms with Crippen LogP contribution in [0.5, 0.6) is 5.75 Å². The summed E-state index contributed by atoms with van der Waals surface area (Å²) in [4.78, 5) is 11.0. The molecule has 0 bridgehead atoms. The first-order chi connectivity index (χ1) is 10.0. The van der Waals surface area contributed by atoms with E-state index >= 15 is 0 Å². The fourth-order valence-corrected chi connectivity index (χ4v) is 2.96. The van der Waals surface area contributed by atoms with Crippen molar-refractivity contribution in [1.82, 2.24) is 0 Å². The molecule has 108 valence electrons. The lowest BCUT2D eigenvalue weighted by Crippen LogP contribution is -2.25. The van der Waals surface area contributed by atoms with Gasteiger partial charge in [0, 0.05) is 10.6 Å². The number of hydrogen-bond donors (Lipinski definition) is 1. The molecule has 0 fully saturated rings. The van der Waals surface area contributed by atoms with Crippen LogP contribution in [0, 0.1) is 5.82 Å². The minimum absolute atomic E-state index is 0.00982. The Morgan fingerprint density at radius 2 is 2.10 bits per heavy atom. The van der Waals surface area contributed by atoms with Gasteiger partial charge in [-0.2, -0.15) is 0 Å². The molecule has 1 unspecified atom stereocenters. The molecule has 21 heavy (non-hydrogen) atoms. The van der Waals surface area contributed by atoms with E-state index in [1.165, 1.54) is 6.07 Å². The van der Waals surface area contributed by atoms with Crippen LogP contribution in [-0.2, 0) is 4.79 Å². The monoisotopic (exact) mass is 369 g/mol. The Balaban J connectivity index is 1.96. The molecule has 3 rings (SSSR count). The van der Waals surface area contributed by atoms with E-state index in [0.29, 0.717) is 22.0 Å². The first-order valence-electron chi connectivity index (χ1n) is 6.20. The molecule has 1 amide bonds. The number of ether oxygens (including phenoxy) is 1. The third-order valence-electron chi connectivity index (χ3n) is 3.16. The van der Waals surface area contributed by atoms with Gasteiger partial charge in [-0.1, -0.05) is 39.7 Å². The predicted molar refractivity (Wildman–Crippen MR) is 82.7 cm³/mol. The number of benzene rings is 2. The van der Waals surface area contributed by atoms with E-state index in [-0.39, 0.29) is 23.2 Å². The van der Waals surface area contributed by atoms with Crippen LogP contribution in [0.1, 0.15) is 16.0 Å². The zero-order valence-corrected chi connectivity index (χ0v) is 13.0. The Bertz CT molecular complexity index is 723. The number of hydrogen-bond acceptors (Lipinski definition) is 2. The Hall–Kier alpha value is -1.59. The zero-order chi connectivity index (χ0) is 15.0.